The summed E-state index contributed by atoms with van der Waals surface area (Å²) in [6.07, 6.45) is -4.44. The minimum absolute atomic E-state index is 0.254. The molecule has 0 saturated carbocycles. The molecule has 1 aliphatic heterocycles. The molecule has 0 amide bonds. The molecule has 0 radical (unpaired) electrons. The second-order valence-electron chi connectivity index (χ2n) is 4.58. The van der Waals surface area contributed by atoms with Gasteiger partial charge in [0.2, 0.25) is 5.82 Å². The van der Waals surface area contributed by atoms with Crippen LogP contribution in [0, 0.1) is 0 Å². The molecule has 0 atom stereocenters. The highest BCUT2D eigenvalue weighted by atomic mass is 19.4. The molecule has 0 aromatic carbocycles. The summed E-state index contributed by atoms with van der Waals surface area (Å²) in [7, 11) is 1.83. The van der Waals surface area contributed by atoms with Crippen molar-refractivity contribution in [3.05, 3.63) is 23.8 Å². The Balaban J connectivity index is 2.05. The molecule has 19 heavy (non-hydrogen) atoms. The van der Waals surface area contributed by atoms with Gasteiger partial charge in [0.1, 0.15) is 5.82 Å². The second-order valence-corrected chi connectivity index (χ2v) is 4.58. The first-order valence-corrected chi connectivity index (χ1v) is 5.94. The smallest absolute Gasteiger partial charge is 0.316 e. The van der Waals surface area contributed by atoms with Crippen LogP contribution in [-0.4, -0.2) is 46.3 Å². The molecule has 1 aromatic heterocycles. The third kappa shape index (κ3) is 3.13. The Hall–Kier alpha value is -1.41. The Morgan fingerprint density at radius 3 is 2.74 bits per heavy atom. The van der Waals surface area contributed by atoms with Crippen LogP contribution in [0.2, 0.25) is 0 Å². The van der Waals surface area contributed by atoms with Gasteiger partial charge in [-0.2, -0.15) is 13.2 Å². The van der Waals surface area contributed by atoms with E-state index in [0.717, 1.165) is 10.1 Å². The lowest BCUT2D eigenvalue weighted by Gasteiger charge is -2.28. The average molecular weight is 275 g/mol. The molecule has 0 unspecified atom stereocenters. The Morgan fingerprint density at radius 1 is 1.37 bits per heavy atom. The van der Waals surface area contributed by atoms with Crippen molar-refractivity contribution in [3.63, 3.8) is 0 Å². The average Bonchev–Trinajstić information content (AvgIpc) is 2.71. The minimum Gasteiger partial charge on any atom is -0.316 e. The van der Waals surface area contributed by atoms with Crippen molar-refractivity contribution < 1.29 is 13.2 Å². The normalized spacial score (nSPS) is 16.4. The summed E-state index contributed by atoms with van der Waals surface area (Å²) in [6, 6.07) is 0. The quantitative estimate of drug-likeness (QED) is 0.829. The van der Waals surface area contributed by atoms with Gasteiger partial charge in [-0.1, -0.05) is 6.58 Å². The van der Waals surface area contributed by atoms with E-state index in [4.69, 9.17) is 0 Å². The number of fused-ring (bicyclic) bond motifs is 1. The van der Waals surface area contributed by atoms with Crippen LogP contribution < -0.4 is 5.32 Å². The van der Waals surface area contributed by atoms with Crippen molar-refractivity contribution in [1.82, 2.24) is 25.0 Å². The van der Waals surface area contributed by atoms with Gasteiger partial charge >= 0.3 is 6.18 Å². The van der Waals surface area contributed by atoms with Gasteiger partial charge in [0, 0.05) is 26.2 Å². The van der Waals surface area contributed by atoms with Crippen molar-refractivity contribution in [1.29, 1.82) is 0 Å². The first-order chi connectivity index (χ1) is 8.91. The summed E-state index contributed by atoms with van der Waals surface area (Å²) in [4.78, 5) is 2.02. The Morgan fingerprint density at radius 2 is 2.11 bits per heavy atom. The molecule has 0 aliphatic carbocycles. The fourth-order valence-electron chi connectivity index (χ4n) is 2.17. The molecule has 0 spiro atoms. The molecule has 2 heterocycles. The van der Waals surface area contributed by atoms with Crippen molar-refractivity contribution in [2.24, 2.45) is 0 Å². The van der Waals surface area contributed by atoms with Crippen LogP contribution in [0.15, 0.2) is 12.2 Å². The van der Waals surface area contributed by atoms with Gasteiger partial charge in [-0.25, -0.2) is 0 Å². The molecule has 1 aromatic rings. The number of nitrogens with zero attached hydrogens (tertiary/aromatic N) is 4. The number of hydrogen-bond acceptors (Lipinski definition) is 4. The Labute approximate surface area is 109 Å². The number of likely N-dealkylation sites (N-methyl/N-ethyl adjacent to an activating group) is 1. The lowest BCUT2D eigenvalue weighted by atomic mass is 10.2. The van der Waals surface area contributed by atoms with E-state index in [9.17, 15) is 13.2 Å². The lowest BCUT2D eigenvalue weighted by molar-refractivity contribution is -0.148. The van der Waals surface area contributed by atoms with Crippen LogP contribution in [-0.2, 0) is 19.3 Å². The van der Waals surface area contributed by atoms with Crippen LogP contribution in [0.1, 0.15) is 11.6 Å². The summed E-state index contributed by atoms with van der Waals surface area (Å²) in [5, 5.41) is 9.87. The van der Waals surface area contributed by atoms with Gasteiger partial charge in [0.25, 0.3) is 0 Å². The summed E-state index contributed by atoms with van der Waals surface area (Å²) >= 11 is 0. The lowest BCUT2D eigenvalue weighted by Crippen LogP contribution is -2.37. The van der Waals surface area contributed by atoms with Gasteiger partial charge in [0.05, 0.1) is 6.54 Å². The molecule has 8 heteroatoms. The number of aromatic nitrogens is 3. The molecule has 2 rings (SSSR count). The standard InChI is InChI=1S/C11H16F3N5/c1-8(5-15-2)6-18-3-4-19-9(7-18)16-17-10(19)11(12,13)14/h15H,1,3-7H2,2H3. The van der Waals surface area contributed by atoms with Crippen LogP contribution >= 0.6 is 0 Å². The zero-order valence-corrected chi connectivity index (χ0v) is 10.7. The molecule has 106 valence electrons. The number of nitrogens with one attached hydrogen (secondary N) is 1. The second kappa shape index (κ2) is 5.30. The van der Waals surface area contributed by atoms with E-state index >= 15 is 0 Å². The fourth-order valence-corrected chi connectivity index (χ4v) is 2.17. The first kappa shape index (κ1) is 14.0. The molecule has 0 saturated heterocycles. The number of rotatable bonds is 4. The predicted molar refractivity (Wildman–Crippen MR) is 63.4 cm³/mol. The zero-order chi connectivity index (χ0) is 14.0. The topological polar surface area (TPSA) is 46.0 Å². The minimum atomic E-state index is -4.44. The Bertz CT molecular complexity index is 465. The highest BCUT2D eigenvalue weighted by Gasteiger charge is 2.39. The maximum Gasteiger partial charge on any atom is 0.451 e. The van der Waals surface area contributed by atoms with Gasteiger partial charge in [-0.3, -0.25) is 4.90 Å². The van der Waals surface area contributed by atoms with Crippen LogP contribution in [0.4, 0.5) is 13.2 Å². The number of alkyl halides is 3. The summed E-state index contributed by atoms with van der Waals surface area (Å²) in [6.45, 7) is 6.41. The van der Waals surface area contributed by atoms with Crippen molar-refractivity contribution >= 4 is 0 Å². The van der Waals surface area contributed by atoms with E-state index in [2.05, 4.69) is 22.1 Å². The summed E-state index contributed by atoms with van der Waals surface area (Å²) < 4.78 is 39.1. The fraction of sp³-hybridized carbons (Fsp3) is 0.636. The van der Waals surface area contributed by atoms with Crippen LogP contribution in [0.25, 0.3) is 0 Å². The molecule has 0 fully saturated rings. The molecule has 5 nitrogen and oxygen atoms in total. The van der Waals surface area contributed by atoms with Crippen LogP contribution in [0.3, 0.4) is 0 Å². The molecular weight excluding hydrogens is 259 g/mol. The third-order valence-electron chi connectivity index (χ3n) is 2.96. The van der Waals surface area contributed by atoms with Crippen molar-refractivity contribution in [2.75, 3.05) is 26.7 Å². The highest BCUT2D eigenvalue weighted by molar-refractivity contribution is 5.05. The molecule has 1 aliphatic rings. The maximum absolute atomic E-state index is 12.7. The zero-order valence-electron chi connectivity index (χ0n) is 10.7. The number of halogens is 3. The van der Waals surface area contributed by atoms with Gasteiger partial charge < -0.3 is 9.88 Å². The van der Waals surface area contributed by atoms with Gasteiger partial charge in [0.15, 0.2) is 0 Å². The van der Waals surface area contributed by atoms with Crippen molar-refractivity contribution in [3.8, 4) is 0 Å². The van der Waals surface area contributed by atoms with E-state index in [0.29, 0.717) is 32.0 Å². The Kier molecular flexibility index (Phi) is 3.91. The van der Waals surface area contributed by atoms with E-state index < -0.39 is 12.0 Å². The summed E-state index contributed by atoms with van der Waals surface area (Å²) in [5.41, 5.74) is 0.992. The van der Waals surface area contributed by atoms with E-state index in [1.807, 2.05) is 11.9 Å². The highest BCUT2D eigenvalue weighted by Crippen LogP contribution is 2.29. The molecule has 1 N–H and O–H groups in total. The first-order valence-electron chi connectivity index (χ1n) is 5.94. The van der Waals surface area contributed by atoms with Crippen molar-refractivity contribution in [2.45, 2.75) is 19.3 Å². The number of hydrogen-bond donors (Lipinski definition) is 1. The maximum atomic E-state index is 12.7. The predicted octanol–water partition coefficient (Wildman–Crippen LogP) is 0.888. The van der Waals surface area contributed by atoms with E-state index in [1.165, 1.54) is 0 Å². The van der Waals surface area contributed by atoms with Gasteiger partial charge in [-0.05, 0) is 12.6 Å². The van der Waals surface area contributed by atoms with E-state index in [1.54, 1.807) is 0 Å². The molecular formula is C11H16F3N5. The largest absolute Gasteiger partial charge is 0.451 e. The molecule has 0 bridgehead atoms. The van der Waals surface area contributed by atoms with Crippen LogP contribution in [0.5, 0.6) is 0 Å². The monoisotopic (exact) mass is 275 g/mol. The SMILES string of the molecule is C=C(CNC)CN1CCn2c(nnc2C(F)(F)F)C1. The van der Waals surface area contributed by atoms with Gasteiger partial charge in [-0.15, -0.1) is 10.2 Å². The summed E-state index contributed by atoms with van der Waals surface area (Å²) in [5.74, 6) is -0.549. The third-order valence-corrected chi connectivity index (χ3v) is 2.96. The van der Waals surface area contributed by atoms with E-state index in [-0.39, 0.29) is 6.54 Å².